The molecule has 2 atom stereocenters. The van der Waals surface area contributed by atoms with E-state index in [-0.39, 0.29) is 25.0 Å². The minimum absolute atomic E-state index is 0.177. The summed E-state index contributed by atoms with van der Waals surface area (Å²) >= 11 is 6.47. The van der Waals surface area contributed by atoms with Crippen molar-refractivity contribution in [3.63, 3.8) is 0 Å². The summed E-state index contributed by atoms with van der Waals surface area (Å²) in [6.07, 6.45) is 0.377. The predicted octanol–water partition coefficient (Wildman–Crippen LogP) is 5.05. The lowest BCUT2D eigenvalue weighted by atomic mass is 9.83. The van der Waals surface area contributed by atoms with E-state index in [0.717, 1.165) is 16.7 Å². The number of carbonyl (C=O) groups excluding carboxylic acids is 1. The second-order valence-electron chi connectivity index (χ2n) is 8.56. The summed E-state index contributed by atoms with van der Waals surface area (Å²) in [5.41, 5.74) is 3.25. The fourth-order valence-electron chi connectivity index (χ4n) is 4.85. The number of anilines is 1. The van der Waals surface area contributed by atoms with E-state index in [1.54, 1.807) is 45.5 Å². The quantitative estimate of drug-likeness (QED) is 0.456. The maximum absolute atomic E-state index is 13.8. The number of nitrogens with zero attached hydrogens (tertiary/aromatic N) is 1. The summed E-state index contributed by atoms with van der Waals surface area (Å²) < 4.78 is 22.2. The van der Waals surface area contributed by atoms with Gasteiger partial charge in [-0.25, -0.2) is 0 Å². The molecular formula is C28H30ClNO6. The summed E-state index contributed by atoms with van der Waals surface area (Å²) in [7, 11) is 6.35. The molecule has 0 bridgehead atoms. The molecule has 0 spiro atoms. The lowest BCUT2D eigenvalue weighted by molar-refractivity contribution is -0.123. The number of carbonyl (C=O) groups is 1. The largest absolute Gasteiger partial charge is 0.497 e. The maximum Gasteiger partial charge on any atom is 0.232 e. The lowest BCUT2D eigenvalue weighted by Crippen LogP contribution is -2.36. The van der Waals surface area contributed by atoms with Crippen LogP contribution in [0.15, 0.2) is 54.6 Å². The van der Waals surface area contributed by atoms with Gasteiger partial charge in [0.05, 0.1) is 47.5 Å². The molecule has 1 aliphatic rings. The van der Waals surface area contributed by atoms with Crippen LogP contribution < -0.4 is 23.8 Å². The number of hydrogen-bond donors (Lipinski definition) is 1. The molecule has 1 aliphatic heterocycles. The lowest BCUT2D eigenvalue weighted by Gasteiger charge is -2.27. The standard InChI is InChI=1S/C28H30ClNO6/c1-33-20-10-8-17(26(14-20)35-3)15-30-24-11-9-19(29)13-23(24)22(12-18(16-31)28(30)32)21-6-5-7-25(34-2)27(21)36-4/h5-11,13-14,18,22,31H,12,15-16H2,1-4H3. The first kappa shape index (κ1) is 25.7. The zero-order valence-electron chi connectivity index (χ0n) is 20.8. The third kappa shape index (κ3) is 4.81. The van der Waals surface area contributed by atoms with E-state index in [2.05, 4.69) is 0 Å². The molecule has 1 amide bonds. The fraction of sp³-hybridized carbons (Fsp3) is 0.321. The van der Waals surface area contributed by atoms with Gasteiger partial charge in [-0.1, -0.05) is 23.7 Å². The Labute approximate surface area is 216 Å². The van der Waals surface area contributed by atoms with Crippen LogP contribution in [0.4, 0.5) is 5.69 Å². The van der Waals surface area contributed by atoms with Crippen molar-refractivity contribution in [3.8, 4) is 23.0 Å². The summed E-state index contributed by atoms with van der Waals surface area (Å²) in [6.45, 7) is -0.0430. The Kier molecular flexibility index (Phi) is 7.91. The first-order valence-electron chi connectivity index (χ1n) is 11.6. The molecule has 0 fully saturated rings. The van der Waals surface area contributed by atoms with Gasteiger partial charge < -0.3 is 29.0 Å². The molecule has 7 nitrogen and oxygen atoms in total. The zero-order chi connectivity index (χ0) is 25.8. The Morgan fingerprint density at radius 2 is 1.69 bits per heavy atom. The number of fused-ring (bicyclic) bond motifs is 1. The molecule has 190 valence electrons. The summed E-state index contributed by atoms with van der Waals surface area (Å²) in [5.74, 6) is 1.36. The van der Waals surface area contributed by atoms with Gasteiger partial charge in [0.25, 0.3) is 0 Å². The highest BCUT2D eigenvalue weighted by Gasteiger charge is 2.37. The molecular weight excluding hydrogens is 482 g/mol. The highest BCUT2D eigenvalue weighted by molar-refractivity contribution is 6.30. The number of amides is 1. The molecule has 8 heteroatoms. The van der Waals surface area contributed by atoms with Gasteiger partial charge in [0, 0.05) is 33.8 Å². The molecule has 0 aliphatic carbocycles. The number of aliphatic hydroxyl groups excluding tert-OH is 1. The van der Waals surface area contributed by atoms with Gasteiger partial charge in [-0.15, -0.1) is 0 Å². The van der Waals surface area contributed by atoms with Gasteiger partial charge in [0.2, 0.25) is 5.91 Å². The highest BCUT2D eigenvalue weighted by Crippen LogP contribution is 2.47. The fourth-order valence-corrected chi connectivity index (χ4v) is 5.03. The minimum atomic E-state index is -0.638. The first-order valence-corrected chi connectivity index (χ1v) is 12.0. The Bertz CT molecular complexity index is 1250. The number of aliphatic hydroxyl groups is 1. The van der Waals surface area contributed by atoms with E-state index < -0.39 is 5.92 Å². The third-order valence-electron chi connectivity index (χ3n) is 6.64. The van der Waals surface area contributed by atoms with E-state index in [4.69, 9.17) is 30.5 Å². The van der Waals surface area contributed by atoms with Gasteiger partial charge in [-0.05, 0) is 48.4 Å². The van der Waals surface area contributed by atoms with Gasteiger partial charge in [-0.2, -0.15) is 0 Å². The summed E-state index contributed by atoms with van der Waals surface area (Å²) in [4.78, 5) is 15.5. The SMILES string of the molecule is COc1ccc(CN2C(=O)C(CO)CC(c3cccc(OC)c3OC)c3cc(Cl)ccc32)c(OC)c1. The van der Waals surface area contributed by atoms with Crippen LogP contribution in [-0.4, -0.2) is 46.1 Å². The number of benzene rings is 3. The molecule has 3 aromatic carbocycles. The van der Waals surface area contributed by atoms with Gasteiger partial charge in [-0.3, -0.25) is 4.79 Å². The molecule has 1 N–H and O–H groups in total. The molecule has 3 aromatic rings. The minimum Gasteiger partial charge on any atom is -0.497 e. The number of para-hydroxylation sites is 1. The third-order valence-corrected chi connectivity index (χ3v) is 6.88. The van der Waals surface area contributed by atoms with Crippen LogP contribution in [0.3, 0.4) is 0 Å². The number of methoxy groups -OCH3 is 4. The highest BCUT2D eigenvalue weighted by atomic mass is 35.5. The van der Waals surface area contributed by atoms with Crippen LogP contribution >= 0.6 is 11.6 Å². The summed E-state index contributed by atoms with van der Waals surface area (Å²) in [6, 6.07) is 16.7. The van der Waals surface area contributed by atoms with E-state index >= 15 is 0 Å². The van der Waals surface area contributed by atoms with Gasteiger partial charge >= 0.3 is 0 Å². The Hall–Kier alpha value is -3.42. The van der Waals surface area contributed by atoms with E-state index in [1.165, 1.54) is 0 Å². The topological polar surface area (TPSA) is 77.5 Å². The monoisotopic (exact) mass is 511 g/mol. The van der Waals surface area contributed by atoms with Crippen LogP contribution in [0.5, 0.6) is 23.0 Å². The Morgan fingerprint density at radius 3 is 2.36 bits per heavy atom. The molecule has 0 aromatic heterocycles. The molecule has 0 saturated carbocycles. The van der Waals surface area contributed by atoms with Crippen molar-refractivity contribution in [2.75, 3.05) is 39.9 Å². The second-order valence-corrected chi connectivity index (χ2v) is 8.99. The average Bonchev–Trinajstić information content (AvgIpc) is 3.02. The first-order chi connectivity index (χ1) is 17.4. The van der Waals surface area contributed by atoms with Crippen molar-refractivity contribution < 1.29 is 28.8 Å². The van der Waals surface area contributed by atoms with Crippen molar-refractivity contribution in [3.05, 3.63) is 76.3 Å². The van der Waals surface area contributed by atoms with Crippen LogP contribution in [-0.2, 0) is 11.3 Å². The van der Waals surface area contributed by atoms with Gasteiger partial charge in [0.1, 0.15) is 11.5 Å². The normalized spacial score (nSPS) is 17.3. The van der Waals surface area contributed by atoms with Crippen molar-refractivity contribution in [2.45, 2.75) is 18.9 Å². The second kappa shape index (κ2) is 11.1. The van der Waals surface area contributed by atoms with Gasteiger partial charge in [0.15, 0.2) is 11.5 Å². The van der Waals surface area contributed by atoms with E-state index in [9.17, 15) is 9.90 Å². The van der Waals surface area contributed by atoms with Crippen molar-refractivity contribution in [2.24, 2.45) is 5.92 Å². The Balaban J connectivity index is 1.88. The smallest absolute Gasteiger partial charge is 0.232 e. The van der Waals surface area contributed by atoms with Crippen molar-refractivity contribution in [1.29, 1.82) is 0 Å². The number of hydrogen-bond acceptors (Lipinski definition) is 6. The average molecular weight is 512 g/mol. The van der Waals surface area contributed by atoms with Crippen LogP contribution in [0, 0.1) is 5.92 Å². The molecule has 4 rings (SSSR count). The van der Waals surface area contributed by atoms with E-state index in [1.807, 2.05) is 42.5 Å². The molecule has 1 heterocycles. The van der Waals surface area contributed by atoms with Crippen molar-refractivity contribution in [1.82, 2.24) is 0 Å². The van der Waals surface area contributed by atoms with Crippen LogP contribution in [0.2, 0.25) is 5.02 Å². The van der Waals surface area contributed by atoms with Crippen molar-refractivity contribution >= 4 is 23.2 Å². The molecule has 0 radical (unpaired) electrons. The van der Waals surface area contributed by atoms with Crippen LogP contribution in [0.25, 0.3) is 0 Å². The molecule has 36 heavy (non-hydrogen) atoms. The number of ether oxygens (including phenoxy) is 4. The van der Waals surface area contributed by atoms with Crippen LogP contribution in [0.1, 0.15) is 29.0 Å². The zero-order valence-corrected chi connectivity index (χ0v) is 21.5. The number of halogens is 1. The molecule has 2 unspecified atom stereocenters. The summed E-state index contributed by atoms with van der Waals surface area (Å²) in [5, 5.41) is 10.8. The maximum atomic E-state index is 13.8. The predicted molar refractivity (Wildman–Crippen MR) is 139 cm³/mol. The Morgan fingerprint density at radius 1 is 0.917 bits per heavy atom. The van der Waals surface area contributed by atoms with E-state index in [0.29, 0.717) is 40.1 Å². The molecule has 0 saturated heterocycles. The number of rotatable bonds is 8.